The van der Waals surface area contributed by atoms with Crippen molar-refractivity contribution >= 4 is 38.6 Å². The van der Waals surface area contributed by atoms with Gasteiger partial charge in [0.2, 0.25) is 5.88 Å². The first-order valence-electron chi connectivity index (χ1n) is 14.6. The lowest BCUT2D eigenvalue weighted by Gasteiger charge is -2.32. The molecule has 2 aromatic carbocycles. The summed E-state index contributed by atoms with van der Waals surface area (Å²) in [6, 6.07) is 19.5. The molecule has 0 unspecified atom stereocenters. The second kappa shape index (κ2) is 10.1. The molecule has 1 N–H and O–H groups in total. The molecule has 0 spiro atoms. The molecule has 0 bridgehead atoms. The highest BCUT2D eigenvalue weighted by Gasteiger charge is 2.58. The van der Waals surface area contributed by atoms with Gasteiger partial charge in [-0.05, 0) is 68.1 Å². The number of fused-ring (bicyclic) bond motifs is 3. The summed E-state index contributed by atoms with van der Waals surface area (Å²) in [5, 5.41) is 10.5. The monoisotopic (exact) mass is 581 g/mol. The number of carboxylic acids is 1. The third kappa shape index (κ3) is 4.63. The van der Waals surface area contributed by atoms with Gasteiger partial charge in [-0.25, -0.2) is 19.7 Å². The minimum absolute atomic E-state index is 0.113. The van der Waals surface area contributed by atoms with Crippen LogP contribution in [0.3, 0.4) is 0 Å². The maximum absolute atomic E-state index is 11.6. The summed E-state index contributed by atoms with van der Waals surface area (Å²) in [5.74, 6) is 1.25. The Morgan fingerprint density at radius 1 is 1.10 bits per heavy atom. The van der Waals surface area contributed by atoms with Gasteiger partial charge in [0.25, 0.3) is 0 Å². The normalized spacial score (nSPS) is 23.5. The van der Waals surface area contributed by atoms with Crippen LogP contribution in [0.5, 0.6) is 5.88 Å². The molecule has 5 heterocycles. The van der Waals surface area contributed by atoms with Crippen molar-refractivity contribution in [2.45, 2.75) is 50.5 Å². The summed E-state index contributed by atoms with van der Waals surface area (Å²) in [4.78, 5) is 28.7. The van der Waals surface area contributed by atoms with E-state index in [0.717, 1.165) is 78.6 Å². The van der Waals surface area contributed by atoms with Crippen molar-refractivity contribution in [2.75, 3.05) is 19.7 Å². The van der Waals surface area contributed by atoms with E-state index < -0.39 is 5.97 Å². The zero-order chi connectivity index (χ0) is 28.3. The molecule has 3 aromatic heterocycles. The van der Waals surface area contributed by atoms with E-state index in [1.807, 2.05) is 30.3 Å². The quantitative estimate of drug-likeness (QED) is 0.251. The van der Waals surface area contributed by atoms with Crippen LogP contribution in [0.4, 0.5) is 0 Å². The van der Waals surface area contributed by atoms with Gasteiger partial charge >= 0.3 is 5.97 Å². The van der Waals surface area contributed by atoms with Gasteiger partial charge in [-0.1, -0.05) is 18.2 Å². The Labute approximate surface area is 246 Å². The molecular formula is C32H31N5O4S. The fraction of sp³-hybridized carbons (Fsp3) is 0.375. The predicted octanol–water partition coefficient (Wildman–Crippen LogP) is 5.27. The van der Waals surface area contributed by atoms with E-state index in [0.29, 0.717) is 24.9 Å². The highest BCUT2D eigenvalue weighted by molar-refractivity contribution is 7.18. The third-order valence-corrected chi connectivity index (χ3v) is 10.1. The highest BCUT2D eigenvalue weighted by atomic mass is 32.1. The summed E-state index contributed by atoms with van der Waals surface area (Å²) < 4.78 is 15.2. The molecule has 3 fully saturated rings. The van der Waals surface area contributed by atoms with E-state index in [2.05, 4.69) is 32.7 Å². The topological polar surface area (TPSA) is 103 Å². The molecule has 3 atom stereocenters. The van der Waals surface area contributed by atoms with Gasteiger partial charge in [0.05, 0.1) is 51.7 Å². The van der Waals surface area contributed by atoms with Crippen molar-refractivity contribution in [1.82, 2.24) is 24.4 Å². The molecule has 5 aromatic rings. The van der Waals surface area contributed by atoms with Crippen LogP contribution >= 0.6 is 11.3 Å². The van der Waals surface area contributed by atoms with Crippen LogP contribution in [0.2, 0.25) is 0 Å². The smallest absolute Gasteiger partial charge is 0.335 e. The van der Waals surface area contributed by atoms with Gasteiger partial charge in [-0.2, -0.15) is 0 Å². The molecule has 0 amide bonds. The van der Waals surface area contributed by atoms with Crippen LogP contribution in [0.15, 0.2) is 60.7 Å². The summed E-state index contributed by atoms with van der Waals surface area (Å²) in [6.45, 7) is 4.57. The van der Waals surface area contributed by atoms with E-state index in [4.69, 9.17) is 19.4 Å². The Bertz CT molecular complexity index is 1780. The number of benzene rings is 2. The van der Waals surface area contributed by atoms with E-state index >= 15 is 0 Å². The first kappa shape index (κ1) is 25.8. The number of likely N-dealkylation sites (tertiary alicyclic amines) is 1. The number of ether oxygens (including phenoxy) is 2. The first-order chi connectivity index (χ1) is 20.5. The fourth-order valence-corrected chi connectivity index (χ4v) is 7.50. The predicted molar refractivity (Wildman–Crippen MR) is 159 cm³/mol. The minimum Gasteiger partial charge on any atom is -0.478 e. The molecular weight excluding hydrogens is 550 g/mol. The van der Waals surface area contributed by atoms with Gasteiger partial charge in [0.15, 0.2) is 0 Å². The van der Waals surface area contributed by atoms with E-state index in [1.165, 1.54) is 4.70 Å². The lowest BCUT2D eigenvalue weighted by atomic mass is 9.91. The maximum Gasteiger partial charge on any atom is 0.335 e. The van der Waals surface area contributed by atoms with Gasteiger partial charge in [-0.15, -0.1) is 11.3 Å². The van der Waals surface area contributed by atoms with Crippen LogP contribution in [-0.4, -0.2) is 61.3 Å². The number of hydrogen-bond donors (Lipinski definition) is 1. The van der Waals surface area contributed by atoms with Crippen LogP contribution in [-0.2, 0) is 29.8 Å². The second-order valence-electron chi connectivity index (χ2n) is 11.7. The Morgan fingerprint density at radius 3 is 2.81 bits per heavy atom. The number of carbonyl (C=O) groups is 1. The summed E-state index contributed by atoms with van der Waals surface area (Å²) in [7, 11) is 0. The molecule has 2 aliphatic heterocycles. The standard InChI is InChI=1S/C32H31N5O4S/c38-31(39)20-8-9-23-25(14-20)37(17-22-10-13-40-22)28(33-23)18-36-12-11-32(15-21(32)16-36)27-6-3-7-29(35-27)41-19-30-34-24-4-1-2-5-26(24)42-30/h1-9,14,21-22H,10-13,15-19H2,(H,38,39)/t21-,22-,32+/m0/s1. The number of thiazole rings is 1. The van der Waals surface area contributed by atoms with Crippen molar-refractivity contribution < 1.29 is 19.4 Å². The molecule has 8 rings (SSSR count). The van der Waals surface area contributed by atoms with Crippen molar-refractivity contribution in [1.29, 1.82) is 0 Å². The first-order valence-corrected chi connectivity index (χ1v) is 15.4. The third-order valence-electron chi connectivity index (χ3n) is 9.12. The van der Waals surface area contributed by atoms with Crippen LogP contribution in [0, 0.1) is 5.92 Å². The number of hydrogen-bond acceptors (Lipinski definition) is 8. The maximum atomic E-state index is 11.6. The molecule has 0 radical (unpaired) electrons. The Morgan fingerprint density at radius 2 is 2.00 bits per heavy atom. The number of pyridine rings is 1. The van der Waals surface area contributed by atoms with Gasteiger partial charge in [0.1, 0.15) is 17.4 Å². The van der Waals surface area contributed by atoms with Crippen LogP contribution < -0.4 is 4.74 Å². The van der Waals surface area contributed by atoms with Gasteiger partial charge in [-0.3, -0.25) is 4.90 Å². The Kier molecular flexibility index (Phi) is 6.24. The average Bonchev–Trinajstić information content (AvgIpc) is 3.41. The summed E-state index contributed by atoms with van der Waals surface area (Å²) in [5.41, 5.74) is 4.23. The zero-order valence-corrected chi connectivity index (χ0v) is 23.9. The molecule has 3 aliphatic rings. The van der Waals surface area contributed by atoms with E-state index in [1.54, 1.807) is 23.5 Å². The largest absolute Gasteiger partial charge is 0.478 e. The molecule has 42 heavy (non-hydrogen) atoms. The number of aromatic nitrogens is 4. The molecule has 10 heteroatoms. The van der Waals surface area contributed by atoms with Crippen LogP contribution in [0.1, 0.15) is 46.1 Å². The van der Waals surface area contributed by atoms with Crippen molar-refractivity contribution in [3.05, 3.63) is 82.8 Å². The molecule has 214 valence electrons. The molecule has 1 saturated carbocycles. The Balaban J connectivity index is 0.960. The van der Waals surface area contributed by atoms with Gasteiger partial charge in [0, 0.05) is 24.6 Å². The van der Waals surface area contributed by atoms with Crippen molar-refractivity contribution in [3.8, 4) is 5.88 Å². The lowest BCUT2D eigenvalue weighted by molar-refractivity contribution is -0.0592. The molecule has 1 aliphatic carbocycles. The van der Waals surface area contributed by atoms with E-state index in [9.17, 15) is 9.90 Å². The Hall–Kier alpha value is -3.86. The average molecular weight is 582 g/mol. The SMILES string of the molecule is O=C(O)c1ccc2nc(CN3CC[C@@]4(c5cccc(OCc6nc7ccccc7s6)n5)C[C@H]4C3)n(C[C@@H]3CCO3)c2c1. The highest BCUT2D eigenvalue weighted by Crippen LogP contribution is 2.59. The number of para-hydroxylation sites is 1. The number of aromatic carboxylic acids is 1. The summed E-state index contributed by atoms with van der Waals surface area (Å²) >= 11 is 1.66. The number of piperidine rings is 1. The zero-order valence-electron chi connectivity index (χ0n) is 23.1. The number of nitrogens with zero attached hydrogens (tertiary/aromatic N) is 5. The van der Waals surface area contributed by atoms with Gasteiger partial charge < -0.3 is 19.1 Å². The van der Waals surface area contributed by atoms with Crippen LogP contribution in [0.25, 0.3) is 21.3 Å². The minimum atomic E-state index is -0.924. The number of carboxylic acid groups (broad SMARTS) is 1. The fourth-order valence-electron chi connectivity index (χ4n) is 6.62. The van der Waals surface area contributed by atoms with Crippen molar-refractivity contribution in [3.63, 3.8) is 0 Å². The second-order valence-corrected chi connectivity index (χ2v) is 12.8. The lowest BCUT2D eigenvalue weighted by Crippen LogP contribution is -2.37. The molecule has 2 saturated heterocycles. The van der Waals surface area contributed by atoms with Crippen molar-refractivity contribution in [2.24, 2.45) is 5.92 Å². The summed E-state index contributed by atoms with van der Waals surface area (Å²) in [6.07, 6.45) is 3.35. The number of rotatable bonds is 9. The van der Waals surface area contributed by atoms with E-state index in [-0.39, 0.29) is 17.1 Å². The number of imidazole rings is 1. The molecule has 9 nitrogen and oxygen atoms in total.